The van der Waals surface area contributed by atoms with Crippen molar-refractivity contribution in [3.63, 3.8) is 0 Å². The van der Waals surface area contributed by atoms with Crippen LogP contribution >= 0.6 is 0 Å². The van der Waals surface area contributed by atoms with Gasteiger partial charge in [0, 0.05) is 0 Å². The van der Waals surface area contributed by atoms with Crippen LogP contribution < -0.4 is 5.14 Å². The van der Waals surface area contributed by atoms with Gasteiger partial charge in [-0.05, 0) is 13.8 Å². The van der Waals surface area contributed by atoms with Gasteiger partial charge in [-0.1, -0.05) is 0 Å². The maximum Gasteiger partial charge on any atom is 0.343 e. The van der Waals surface area contributed by atoms with Gasteiger partial charge in [-0.25, -0.2) is 9.93 Å². The standard InChI is InChI=1S/C7H12N2O5S/c1-3-14-7(11)6(5(2)10)4-9-15(8,12)13/h4,10H,3H2,1-2H3,(H2,8,12,13)/b6-5+,9-4+. The lowest BCUT2D eigenvalue weighted by atomic mass is 10.2. The number of allylic oxidation sites excluding steroid dienone is 1. The molecular weight excluding hydrogens is 224 g/mol. The smallest absolute Gasteiger partial charge is 0.343 e. The number of hydrogen-bond donors (Lipinski definition) is 2. The van der Waals surface area contributed by atoms with E-state index in [2.05, 4.69) is 14.3 Å². The molecule has 0 aromatic carbocycles. The second kappa shape index (κ2) is 5.47. The summed E-state index contributed by atoms with van der Waals surface area (Å²) in [5.74, 6) is -1.27. The molecule has 0 bridgehead atoms. The van der Waals surface area contributed by atoms with Crippen molar-refractivity contribution in [3.05, 3.63) is 11.3 Å². The van der Waals surface area contributed by atoms with E-state index < -0.39 is 21.9 Å². The summed E-state index contributed by atoms with van der Waals surface area (Å²) in [5, 5.41) is 13.6. The van der Waals surface area contributed by atoms with Crippen molar-refractivity contribution in [2.75, 3.05) is 6.61 Å². The fourth-order valence-electron chi connectivity index (χ4n) is 0.629. The molecule has 0 spiro atoms. The van der Waals surface area contributed by atoms with Crippen LogP contribution in [-0.4, -0.2) is 32.3 Å². The molecule has 0 radical (unpaired) electrons. The molecule has 0 amide bonds. The molecule has 0 saturated carbocycles. The summed E-state index contributed by atoms with van der Waals surface area (Å²) in [6, 6.07) is 0. The highest BCUT2D eigenvalue weighted by Crippen LogP contribution is 2.01. The highest BCUT2D eigenvalue weighted by Gasteiger charge is 2.12. The Labute approximate surface area is 87.4 Å². The van der Waals surface area contributed by atoms with Crippen LogP contribution in [0.5, 0.6) is 0 Å². The zero-order valence-electron chi connectivity index (χ0n) is 8.30. The van der Waals surface area contributed by atoms with Crippen LogP contribution in [0.2, 0.25) is 0 Å². The molecule has 0 heterocycles. The van der Waals surface area contributed by atoms with Crippen molar-refractivity contribution >= 4 is 22.4 Å². The van der Waals surface area contributed by atoms with Crippen LogP contribution in [0.15, 0.2) is 15.7 Å². The third-order valence-electron chi connectivity index (χ3n) is 1.21. The number of esters is 1. The van der Waals surface area contributed by atoms with E-state index in [1.165, 1.54) is 6.92 Å². The number of hydrogen-bond acceptors (Lipinski definition) is 5. The number of aliphatic hydroxyl groups excluding tert-OH is 1. The van der Waals surface area contributed by atoms with Crippen LogP contribution in [0.3, 0.4) is 0 Å². The van der Waals surface area contributed by atoms with Gasteiger partial charge in [0.05, 0.1) is 12.8 Å². The summed E-state index contributed by atoms with van der Waals surface area (Å²) in [7, 11) is -4.08. The molecule has 0 unspecified atom stereocenters. The number of rotatable bonds is 4. The normalized spacial score (nSPS) is 13.8. The van der Waals surface area contributed by atoms with Gasteiger partial charge in [-0.3, -0.25) is 0 Å². The van der Waals surface area contributed by atoms with Crippen LogP contribution in [0, 0.1) is 0 Å². The van der Waals surface area contributed by atoms with E-state index in [0.29, 0.717) is 6.21 Å². The van der Waals surface area contributed by atoms with Crippen LogP contribution in [0.4, 0.5) is 0 Å². The highest BCUT2D eigenvalue weighted by atomic mass is 32.2. The summed E-state index contributed by atoms with van der Waals surface area (Å²) >= 11 is 0. The van der Waals surface area contributed by atoms with Gasteiger partial charge < -0.3 is 9.84 Å². The monoisotopic (exact) mass is 236 g/mol. The van der Waals surface area contributed by atoms with Crippen molar-refractivity contribution in [2.24, 2.45) is 9.54 Å². The zero-order chi connectivity index (χ0) is 12.1. The molecular formula is C7H12N2O5S. The van der Waals surface area contributed by atoms with Crippen molar-refractivity contribution in [1.82, 2.24) is 0 Å². The SMILES string of the molecule is CCOC(=O)C(/C=N/S(N)(=O)=O)=C(\C)O. The second-order valence-electron chi connectivity index (χ2n) is 2.47. The molecule has 0 saturated heterocycles. The summed E-state index contributed by atoms with van der Waals surface area (Å²) in [6.45, 7) is 2.86. The Balaban J connectivity index is 4.98. The molecule has 15 heavy (non-hydrogen) atoms. The van der Waals surface area contributed by atoms with Crippen molar-refractivity contribution < 1.29 is 23.1 Å². The number of nitrogens with zero attached hydrogens (tertiary/aromatic N) is 1. The predicted octanol–water partition coefficient (Wildman–Crippen LogP) is -0.344. The van der Waals surface area contributed by atoms with E-state index in [1.54, 1.807) is 6.92 Å². The van der Waals surface area contributed by atoms with Gasteiger partial charge >= 0.3 is 16.2 Å². The van der Waals surface area contributed by atoms with Crippen LogP contribution in [-0.2, 0) is 19.7 Å². The molecule has 0 atom stereocenters. The van der Waals surface area contributed by atoms with Gasteiger partial charge in [0.2, 0.25) is 0 Å². The number of carbonyl (C=O) groups is 1. The summed E-state index contributed by atoms with van der Waals surface area (Å²) < 4.78 is 28.4. The first-order valence-electron chi connectivity index (χ1n) is 3.93. The Bertz CT molecular complexity index is 392. The third kappa shape index (κ3) is 5.81. The number of carbonyl (C=O) groups excluding carboxylic acids is 1. The van der Waals surface area contributed by atoms with E-state index >= 15 is 0 Å². The molecule has 0 aromatic heterocycles. The first-order chi connectivity index (χ1) is 6.78. The van der Waals surface area contributed by atoms with Gasteiger partial charge in [0.15, 0.2) is 0 Å². The minimum absolute atomic E-state index is 0.0961. The molecule has 0 aliphatic carbocycles. The third-order valence-corrected chi connectivity index (χ3v) is 1.61. The predicted molar refractivity (Wildman–Crippen MR) is 53.6 cm³/mol. The van der Waals surface area contributed by atoms with Gasteiger partial charge in [0.25, 0.3) is 0 Å². The number of nitrogens with two attached hydrogens (primary N) is 1. The first-order valence-corrected chi connectivity index (χ1v) is 5.43. The van der Waals surface area contributed by atoms with Gasteiger partial charge in [-0.2, -0.15) is 12.8 Å². The Morgan fingerprint density at radius 1 is 1.60 bits per heavy atom. The molecule has 0 aliphatic heterocycles. The van der Waals surface area contributed by atoms with E-state index in [4.69, 9.17) is 5.11 Å². The molecule has 0 fully saturated rings. The van der Waals surface area contributed by atoms with E-state index in [1.807, 2.05) is 0 Å². The summed E-state index contributed by atoms with van der Waals surface area (Å²) in [6.07, 6.45) is 0.642. The van der Waals surface area contributed by atoms with Crippen molar-refractivity contribution in [2.45, 2.75) is 13.8 Å². The number of ether oxygens (including phenoxy) is 1. The van der Waals surface area contributed by atoms with Crippen LogP contribution in [0.25, 0.3) is 0 Å². The topological polar surface area (TPSA) is 119 Å². The van der Waals surface area contributed by atoms with Gasteiger partial charge in [0.1, 0.15) is 11.3 Å². The lowest BCUT2D eigenvalue weighted by Crippen LogP contribution is -2.13. The van der Waals surface area contributed by atoms with Crippen molar-refractivity contribution in [1.29, 1.82) is 0 Å². The highest BCUT2D eigenvalue weighted by molar-refractivity contribution is 7.87. The quantitative estimate of drug-likeness (QED) is 0.299. The first kappa shape index (κ1) is 13.6. The average molecular weight is 236 g/mol. The largest absolute Gasteiger partial charge is 0.512 e. The Hall–Kier alpha value is -1.41. The molecule has 3 N–H and O–H groups in total. The average Bonchev–Trinajstić information content (AvgIpc) is 2.01. The van der Waals surface area contributed by atoms with Crippen LogP contribution in [0.1, 0.15) is 13.8 Å². The van der Waals surface area contributed by atoms with E-state index in [9.17, 15) is 13.2 Å². The molecule has 0 aromatic rings. The second-order valence-corrected chi connectivity index (χ2v) is 3.71. The molecule has 7 nitrogen and oxygen atoms in total. The number of aliphatic hydroxyl groups is 1. The molecule has 86 valence electrons. The minimum atomic E-state index is -4.08. The Morgan fingerprint density at radius 3 is 2.47 bits per heavy atom. The Morgan fingerprint density at radius 2 is 2.13 bits per heavy atom. The Kier molecular flexibility index (Phi) is 4.95. The molecule has 8 heteroatoms. The van der Waals surface area contributed by atoms with Crippen molar-refractivity contribution in [3.8, 4) is 0 Å². The summed E-state index contributed by atoms with van der Waals surface area (Å²) in [4.78, 5) is 11.1. The molecule has 0 rings (SSSR count). The van der Waals surface area contributed by atoms with E-state index in [0.717, 1.165) is 0 Å². The maximum atomic E-state index is 11.1. The lowest BCUT2D eigenvalue weighted by Gasteiger charge is -2.02. The molecule has 0 aliphatic rings. The minimum Gasteiger partial charge on any atom is -0.512 e. The zero-order valence-corrected chi connectivity index (χ0v) is 9.11. The lowest BCUT2D eigenvalue weighted by molar-refractivity contribution is -0.138. The maximum absolute atomic E-state index is 11.1. The summed E-state index contributed by atoms with van der Waals surface area (Å²) in [5.41, 5.74) is -0.356. The van der Waals surface area contributed by atoms with E-state index in [-0.39, 0.29) is 12.2 Å². The van der Waals surface area contributed by atoms with Gasteiger partial charge in [-0.15, -0.1) is 0 Å². The fraction of sp³-hybridized carbons (Fsp3) is 0.429. The fourth-order valence-corrected chi connectivity index (χ4v) is 0.881.